The molecule has 0 spiro atoms. The number of rotatable bonds is 7. The number of anilines is 1. The molecule has 132 valence electrons. The SMILES string of the molecule is C[C@H](SCc1ccccc1)C(=O)NCc1ccc(N2CCCC2)cc1. The van der Waals surface area contributed by atoms with Crippen molar-refractivity contribution >= 4 is 23.4 Å². The Morgan fingerprint density at radius 3 is 2.40 bits per heavy atom. The minimum absolute atomic E-state index is 0.0518. The van der Waals surface area contributed by atoms with Gasteiger partial charge in [0.2, 0.25) is 5.91 Å². The Labute approximate surface area is 154 Å². The second-order valence-electron chi connectivity index (χ2n) is 6.52. The number of hydrogen-bond donors (Lipinski definition) is 1. The van der Waals surface area contributed by atoms with Crippen LogP contribution in [0.15, 0.2) is 54.6 Å². The summed E-state index contributed by atoms with van der Waals surface area (Å²) in [6.45, 7) is 4.88. The Bertz CT molecular complexity index is 666. The smallest absolute Gasteiger partial charge is 0.233 e. The van der Waals surface area contributed by atoms with Gasteiger partial charge in [0.25, 0.3) is 0 Å². The molecule has 1 saturated heterocycles. The van der Waals surface area contributed by atoms with E-state index in [9.17, 15) is 4.79 Å². The molecule has 1 fully saturated rings. The highest BCUT2D eigenvalue weighted by atomic mass is 32.2. The zero-order chi connectivity index (χ0) is 17.5. The highest BCUT2D eigenvalue weighted by Gasteiger charge is 2.14. The number of amides is 1. The molecule has 0 aromatic heterocycles. The lowest BCUT2D eigenvalue weighted by molar-refractivity contribution is -0.120. The van der Waals surface area contributed by atoms with Gasteiger partial charge in [0.05, 0.1) is 5.25 Å². The van der Waals surface area contributed by atoms with Crippen molar-refractivity contribution < 1.29 is 4.79 Å². The van der Waals surface area contributed by atoms with Crippen LogP contribution in [0.4, 0.5) is 5.69 Å². The summed E-state index contributed by atoms with van der Waals surface area (Å²) < 4.78 is 0. The third-order valence-corrected chi connectivity index (χ3v) is 5.80. The molecular weight excluding hydrogens is 328 g/mol. The van der Waals surface area contributed by atoms with Crippen LogP contribution in [0.1, 0.15) is 30.9 Å². The van der Waals surface area contributed by atoms with E-state index in [2.05, 4.69) is 46.6 Å². The van der Waals surface area contributed by atoms with Crippen LogP contribution in [-0.4, -0.2) is 24.2 Å². The van der Waals surface area contributed by atoms with E-state index in [0.717, 1.165) is 24.4 Å². The first-order chi connectivity index (χ1) is 12.2. The normalized spacial score (nSPS) is 15.2. The molecule has 0 unspecified atom stereocenters. The zero-order valence-corrected chi connectivity index (χ0v) is 15.6. The van der Waals surface area contributed by atoms with Crippen molar-refractivity contribution in [2.75, 3.05) is 18.0 Å². The summed E-state index contributed by atoms with van der Waals surface area (Å²) in [7, 11) is 0. The number of nitrogens with one attached hydrogen (secondary N) is 1. The van der Waals surface area contributed by atoms with E-state index in [1.165, 1.54) is 24.1 Å². The monoisotopic (exact) mass is 354 g/mol. The molecule has 1 N–H and O–H groups in total. The third-order valence-electron chi connectivity index (χ3n) is 4.59. The van der Waals surface area contributed by atoms with Crippen molar-refractivity contribution in [3.05, 3.63) is 65.7 Å². The lowest BCUT2D eigenvalue weighted by atomic mass is 10.2. The first-order valence-electron chi connectivity index (χ1n) is 8.99. The van der Waals surface area contributed by atoms with E-state index in [1.807, 2.05) is 25.1 Å². The summed E-state index contributed by atoms with van der Waals surface area (Å²) in [4.78, 5) is 14.7. The van der Waals surface area contributed by atoms with Crippen LogP contribution >= 0.6 is 11.8 Å². The van der Waals surface area contributed by atoms with Gasteiger partial charge >= 0.3 is 0 Å². The molecule has 0 aliphatic carbocycles. The van der Waals surface area contributed by atoms with E-state index in [0.29, 0.717) is 6.54 Å². The van der Waals surface area contributed by atoms with Crippen molar-refractivity contribution in [2.45, 2.75) is 37.3 Å². The fourth-order valence-corrected chi connectivity index (χ4v) is 3.87. The fourth-order valence-electron chi connectivity index (χ4n) is 3.00. The van der Waals surface area contributed by atoms with Gasteiger partial charge in [-0.05, 0) is 43.0 Å². The molecule has 1 amide bonds. The number of hydrogen-bond acceptors (Lipinski definition) is 3. The maximum absolute atomic E-state index is 12.3. The molecule has 1 aliphatic rings. The van der Waals surface area contributed by atoms with Crippen LogP contribution in [0, 0.1) is 0 Å². The van der Waals surface area contributed by atoms with Gasteiger partial charge in [0.1, 0.15) is 0 Å². The Morgan fingerprint density at radius 1 is 1.04 bits per heavy atom. The van der Waals surface area contributed by atoms with Crippen molar-refractivity contribution in [3.63, 3.8) is 0 Å². The Hall–Kier alpha value is -1.94. The predicted molar refractivity (Wildman–Crippen MR) is 107 cm³/mol. The van der Waals surface area contributed by atoms with Gasteiger partial charge in [-0.25, -0.2) is 0 Å². The minimum Gasteiger partial charge on any atom is -0.372 e. The number of benzene rings is 2. The fraction of sp³-hybridized carbons (Fsp3) is 0.381. The minimum atomic E-state index is -0.0518. The second-order valence-corrected chi connectivity index (χ2v) is 7.85. The van der Waals surface area contributed by atoms with E-state index in [1.54, 1.807) is 11.8 Å². The molecule has 4 heteroatoms. The van der Waals surface area contributed by atoms with E-state index in [-0.39, 0.29) is 11.2 Å². The molecule has 3 rings (SSSR count). The quantitative estimate of drug-likeness (QED) is 0.808. The Kier molecular flexibility index (Phi) is 6.40. The van der Waals surface area contributed by atoms with Crippen LogP contribution in [0.5, 0.6) is 0 Å². The van der Waals surface area contributed by atoms with Crippen molar-refractivity contribution in [1.29, 1.82) is 0 Å². The summed E-state index contributed by atoms with van der Waals surface area (Å²) >= 11 is 1.67. The van der Waals surface area contributed by atoms with E-state index in [4.69, 9.17) is 0 Å². The first-order valence-corrected chi connectivity index (χ1v) is 10.0. The number of carbonyl (C=O) groups is 1. The van der Waals surface area contributed by atoms with Crippen LogP contribution in [0.3, 0.4) is 0 Å². The molecule has 25 heavy (non-hydrogen) atoms. The molecule has 2 aromatic carbocycles. The Balaban J connectivity index is 1.43. The lowest BCUT2D eigenvalue weighted by Gasteiger charge is -2.18. The van der Waals surface area contributed by atoms with Crippen molar-refractivity contribution in [3.8, 4) is 0 Å². The van der Waals surface area contributed by atoms with Crippen LogP contribution in [-0.2, 0) is 17.1 Å². The van der Waals surface area contributed by atoms with Gasteiger partial charge in [0, 0.05) is 31.1 Å². The number of nitrogens with zero attached hydrogens (tertiary/aromatic N) is 1. The lowest BCUT2D eigenvalue weighted by Crippen LogP contribution is -2.30. The third kappa shape index (κ3) is 5.27. The topological polar surface area (TPSA) is 32.3 Å². The van der Waals surface area contributed by atoms with Gasteiger partial charge in [-0.15, -0.1) is 11.8 Å². The van der Waals surface area contributed by atoms with Gasteiger partial charge in [-0.1, -0.05) is 42.5 Å². The molecule has 0 saturated carbocycles. The molecule has 2 aromatic rings. The van der Waals surface area contributed by atoms with Gasteiger partial charge < -0.3 is 10.2 Å². The van der Waals surface area contributed by atoms with E-state index >= 15 is 0 Å². The highest BCUT2D eigenvalue weighted by molar-refractivity contribution is 7.99. The van der Waals surface area contributed by atoms with Crippen LogP contribution < -0.4 is 10.2 Å². The summed E-state index contributed by atoms with van der Waals surface area (Å²) in [6.07, 6.45) is 2.58. The van der Waals surface area contributed by atoms with Crippen LogP contribution in [0.2, 0.25) is 0 Å². The molecule has 0 bridgehead atoms. The van der Waals surface area contributed by atoms with Crippen molar-refractivity contribution in [1.82, 2.24) is 5.32 Å². The predicted octanol–water partition coefficient (Wildman–Crippen LogP) is 4.22. The van der Waals surface area contributed by atoms with Crippen LogP contribution in [0.25, 0.3) is 0 Å². The summed E-state index contributed by atoms with van der Waals surface area (Å²) in [5.41, 5.74) is 3.69. The maximum atomic E-state index is 12.3. The summed E-state index contributed by atoms with van der Waals surface area (Å²) in [6, 6.07) is 18.9. The molecule has 0 radical (unpaired) electrons. The number of carbonyl (C=O) groups excluding carboxylic acids is 1. The summed E-state index contributed by atoms with van der Waals surface area (Å²) in [5, 5.41) is 3.00. The van der Waals surface area contributed by atoms with Gasteiger partial charge in [-0.2, -0.15) is 0 Å². The van der Waals surface area contributed by atoms with E-state index < -0.39 is 0 Å². The van der Waals surface area contributed by atoms with Crippen molar-refractivity contribution in [2.24, 2.45) is 0 Å². The first kappa shape index (κ1) is 17.9. The molecule has 1 atom stereocenters. The highest BCUT2D eigenvalue weighted by Crippen LogP contribution is 2.21. The Morgan fingerprint density at radius 2 is 1.72 bits per heavy atom. The average molecular weight is 355 g/mol. The second kappa shape index (κ2) is 8.95. The standard InChI is InChI=1S/C21H26N2OS/c1-17(25-16-19-7-3-2-4-8-19)21(24)22-15-18-9-11-20(12-10-18)23-13-5-6-14-23/h2-4,7-12,17H,5-6,13-16H2,1H3,(H,22,24)/t17-/m0/s1. The molecule has 1 heterocycles. The molecule has 1 aliphatic heterocycles. The average Bonchev–Trinajstić information content (AvgIpc) is 3.20. The largest absolute Gasteiger partial charge is 0.372 e. The molecule has 3 nitrogen and oxygen atoms in total. The summed E-state index contributed by atoms with van der Waals surface area (Å²) in [5.74, 6) is 0.963. The maximum Gasteiger partial charge on any atom is 0.233 e. The zero-order valence-electron chi connectivity index (χ0n) is 14.8. The van der Waals surface area contributed by atoms with Gasteiger partial charge in [0.15, 0.2) is 0 Å². The molecular formula is C21H26N2OS. The number of thioether (sulfide) groups is 1. The van der Waals surface area contributed by atoms with Gasteiger partial charge in [-0.3, -0.25) is 4.79 Å².